The monoisotopic (exact) mass is 456 g/mol. The lowest BCUT2D eigenvalue weighted by molar-refractivity contribution is 0.0950. The van der Waals surface area contributed by atoms with E-state index < -0.39 is 0 Å². The number of hydrogen-bond acceptors (Lipinski definition) is 6. The van der Waals surface area contributed by atoms with E-state index in [9.17, 15) is 4.79 Å². The van der Waals surface area contributed by atoms with Gasteiger partial charge in [0.05, 0.1) is 21.3 Å². The average Bonchev–Trinajstić information content (AvgIpc) is 2.87. The molecule has 2 aromatic carbocycles. The van der Waals surface area contributed by atoms with Crippen molar-refractivity contribution in [3.63, 3.8) is 0 Å². The minimum atomic E-state index is -0.222. The molecular formula is C26H36N2O5. The van der Waals surface area contributed by atoms with Gasteiger partial charge in [-0.25, -0.2) is 0 Å². The number of carbonyl (C=O) groups is 1. The zero-order valence-corrected chi connectivity index (χ0v) is 20.2. The van der Waals surface area contributed by atoms with Crippen molar-refractivity contribution in [1.29, 1.82) is 0 Å². The first-order valence-electron chi connectivity index (χ1n) is 11.6. The third kappa shape index (κ3) is 6.78. The third-order valence-electron chi connectivity index (χ3n) is 6.21. The molecular weight excluding hydrogens is 420 g/mol. The largest absolute Gasteiger partial charge is 0.493 e. The maximum atomic E-state index is 12.7. The van der Waals surface area contributed by atoms with Crippen LogP contribution in [-0.4, -0.2) is 58.4 Å². The fraction of sp³-hybridized carbons (Fsp3) is 0.500. The Morgan fingerprint density at radius 3 is 2.18 bits per heavy atom. The Balaban J connectivity index is 1.48. The number of amides is 1. The van der Waals surface area contributed by atoms with Crippen molar-refractivity contribution in [2.24, 2.45) is 0 Å². The first-order chi connectivity index (χ1) is 16.0. The number of hydrogen-bond donors (Lipinski definition) is 1. The zero-order chi connectivity index (χ0) is 23.6. The summed E-state index contributed by atoms with van der Waals surface area (Å²) in [7, 11) is 6.77. The summed E-state index contributed by atoms with van der Waals surface area (Å²) in [4.78, 5) is 15.1. The molecule has 1 aliphatic carbocycles. The minimum absolute atomic E-state index is 0.222. The summed E-state index contributed by atoms with van der Waals surface area (Å²) in [5.41, 5.74) is 1.43. The number of nitrogens with zero attached hydrogens (tertiary/aromatic N) is 1. The molecule has 3 rings (SSSR count). The van der Waals surface area contributed by atoms with Gasteiger partial charge in [-0.1, -0.05) is 31.4 Å². The molecule has 1 amide bonds. The first kappa shape index (κ1) is 24.7. The van der Waals surface area contributed by atoms with E-state index >= 15 is 0 Å². The topological polar surface area (TPSA) is 69.3 Å². The van der Waals surface area contributed by atoms with Gasteiger partial charge >= 0.3 is 0 Å². The number of likely N-dealkylation sites (N-methyl/N-ethyl adjacent to an activating group) is 1. The number of carbonyl (C=O) groups excluding carboxylic acids is 1. The molecule has 0 heterocycles. The molecule has 0 atom stereocenters. The normalized spacial score (nSPS) is 14.1. The summed E-state index contributed by atoms with van der Waals surface area (Å²) in [6, 6.07) is 11.8. The quantitative estimate of drug-likeness (QED) is 0.544. The molecule has 1 fully saturated rings. The Labute approximate surface area is 197 Å². The fourth-order valence-electron chi connectivity index (χ4n) is 4.21. The number of benzene rings is 2. The van der Waals surface area contributed by atoms with E-state index in [-0.39, 0.29) is 5.91 Å². The predicted molar refractivity (Wildman–Crippen MR) is 129 cm³/mol. The Morgan fingerprint density at radius 1 is 0.970 bits per heavy atom. The zero-order valence-electron chi connectivity index (χ0n) is 20.2. The maximum Gasteiger partial charge on any atom is 0.251 e. The van der Waals surface area contributed by atoms with Gasteiger partial charge in [0.25, 0.3) is 5.91 Å². The van der Waals surface area contributed by atoms with Crippen LogP contribution in [0.1, 0.15) is 48.0 Å². The molecule has 0 aliphatic heterocycles. The van der Waals surface area contributed by atoms with Gasteiger partial charge in [0, 0.05) is 24.7 Å². The van der Waals surface area contributed by atoms with Crippen LogP contribution in [0.3, 0.4) is 0 Å². The highest BCUT2D eigenvalue weighted by molar-refractivity contribution is 5.95. The number of ether oxygens (including phenoxy) is 4. The second-order valence-electron chi connectivity index (χ2n) is 8.36. The molecule has 1 N–H and O–H groups in total. The van der Waals surface area contributed by atoms with Crippen LogP contribution in [-0.2, 0) is 6.54 Å². The lowest BCUT2D eigenvalue weighted by Gasteiger charge is -2.31. The van der Waals surface area contributed by atoms with E-state index in [1.165, 1.54) is 53.4 Å². The maximum absolute atomic E-state index is 12.7. The number of nitrogens with one attached hydrogen (secondary N) is 1. The summed E-state index contributed by atoms with van der Waals surface area (Å²) in [5, 5.41) is 2.93. The Hall–Kier alpha value is -2.93. The van der Waals surface area contributed by atoms with Crippen LogP contribution in [0.2, 0.25) is 0 Å². The molecule has 2 aromatic rings. The van der Waals surface area contributed by atoms with E-state index in [0.717, 1.165) is 17.9 Å². The highest BCUT2D eigenvalue weighted by Crippen LogP contribution is 2.38. The molecule has 0 saturated heterocycles. The van der Waals surface area contributed by atoms with E-state index in [0.29, 0.717) is 42.0 Å². The summed E-state index contributed by atoms with van der Waals surface area (Å²) >= 11 is 0. The van der Waals surface area contributed by atoms with Crippen LogP contribution in [0.25, 0.3) is 0 Å². The summed E-state index contributed by atoms with van der Waals surface area (Å²) < 4.78 is 21.9. The van der Waals surface area contributed by atoms with Crippen molar-refractivity contribution in [3.05, 3.63) is 47.5 Å². The SMILES string of the molecule is COc1cc(C(=O)NCc2ccc(OCCN(C)C3CCCCC3)cc2)cc(OC)c1OC. The average molecular weight is 457 g/mol. The van der Waals surface area contributed by atoms with Gasteiger partial charge in [-0.15, -0.1) is 0 Å². The lowest BCUT2D eigenvalue weighted by atomic mass is 9.94. The Morgan fingerprint density at radius 2 is 1.61 bits per heavy atom. The van der Waals surface area contributed by atoms with Crippen LogP contribution in [0.15, 0.2) is 36.4 Å². The molecule has 180 valence electrons. The van der Waals surface area contributed by atoms with Gasteiger partial charge in [-0.3, -0.25) is 4.79 Å². The highest BCUT2D eigenvalue weighted by atomic mass is 16.5. The van der Waals surface area contributed by atoms with E-state index in [1.54, 1.807) is 12.1 Å². The van der Waals surface area contributed by atoms with Crippen molar-refractivity contribution >= 4 is 5.91 Å². The third-order valence-corrected chi connectivity index (χ3v) is 6.21. The van der Waals surface area contributed by atoms with Gasteiger partial charge in [0.2, 0.25) is 5.75 Å². The molecule has 0 radical (unpaired) electrons. The van der Waals surface area contributed by atoms with Crippen molar-refractivity contribution < 1.29 is 23.7 Å². The summed E-state index contributed by atoms with van der Waals surface area (Å²) in [5.74, 6) is 1.96. The van der Waals surface area contributed by atoms with Crippen LogP contribution in [0, 0.1) is 0 Å². The smallest absolute Gasteiger partial charge is 0.251 e. The van der Waals surface area contributed by atoms with Crippen LogP contribution >= 0.6 is 0 Å². The van der Waals surface area contributed by atoms with Crippen molar-refractivity contribution in [1.82, 2.24) is 10.2 Å². The second-order valence-corrected chi connectivity index (χ2v) is 8.36. The van der Waals surface area contributed by atoms with Gasteiger partial charge < -0.3 is 29.2 Å². The van der Waals surface area contributed by atoms with Crippen molar-refractivity contribution in [2.75, 3.05) is 41.5 Å². The number of rotatable bonds is 11. The van der Waals surface area contributed by atoms with Gasteiger partial charge in [0.1, 0.15) is 12.4 Å². The summed E-state index contributed by atoms with van der Waals surface area (Å²) in [6.07, 6.45) is 6.65. The highest BCUT2D eigenvalue weighted by Gasteiger charge is 2.18. The Kier molecular flexibility index (Phi) is 9.24. The minimum Gasteiger partial charge on any atom is -0.493 e. The van der Waals surface area contributed by atoms with Gasteiger partial charge in [-0.05, 0) is 49.7 Å². The molecule has 1 saturated carbocycles. The molecule has 7 heteroatoms. The molecule has 33 heavy (non-hydrogen) atoms. The molecule has 0 bridgehead atoms. The van der Waals surface area contributed by atoms with E-state index in [1.807, 2.05) is 24.3 Å². The lowest BCUT2D eigenvalue weighted by Crippen LogP contribution is -2.36. The first-order valence-corrected chi connectivity index (χ1v) is 11.6. The van der Waals surface area contributed by atoms with Crippen LogP contribution in [0.5, 0.6) is 23.0 Å². The van der Waals surface area contributed by atoms with Crippen molar-refractivity contribution in [2.45, 2.75) is 44.7 Å². The Bertz CT molecular complexity index is 869. The molecule has 0 unspecified atom stereocenters. The second kappa shape index (κ2) is 12.3. The van der Waals surface area contributed by atoms with E-state index in [2.05, 4.69) is 17.3 Å². The summed E-state index contributed by atoms with van der Waals surface area (Å²) in [6.45, 7) is 2.00. The van der Waals surface area contributed by atoms with Crippen LogP contribution < -0.4 is 24.3 Å². The molecule has 1 aliphatic rings. The predicted octanol–water partition coefficient (Wildman–Crippen LogP) is 4.29. The standard InChI is InChI=1S/C26H36N2O5/c1-28(21-8-6-5-7-9-21)14-15-33-22-12-10-19(11-13-22)18-27-26(29)20-16-23(30-2)25(32-4)24(17-20)31-3/h10-13,16-17,21H,5-9,14-15,18H2,1-4H3,(H,27,29). The van der Waals surface area contributed by atoms with Gasteiger partial charge in [0.15, 0.2) is 11.5 Å². The van der Waals surface area contributed by atoms with Crippen molar-refractivity contribution in [3.8, 4) is 23.0 Å². The number of methoxy groups -OCH3 is 3. The van der Waals surface area contributed by atoms with E-state index in [4.69, 9.17) is 18.9 Å². The van der Waals surface area contributed by atoms with Gasteiger partial charge in [-0.2, -0.15) is 0 Å². The molecule has 0 spiro atoms. The molecule has 0 aromatic heterocycles. The molecule has 7 nitrogen and oxygen atoms in total. The van der Waals surface area contributed by atoms with Crippen LogP contribution in [0.4, 0.5) is 0 Å². The fourth-order valence-corrected chi connectivity index (χ4v) is 4.21.